The fraction of sp³-hybridized carbons (Fsp3) is 0.364. The third-order valence-electron chi connectivity index (χ3n) is 1.78. The Kier molecular flexibility index (Phi) is 4.92. The zero-order valence-electron chi connectivity index (χ0n) is 9.20. The lowest BCUT2D eigenvalue weighted by molar-refractivity contribution is 0.162. The van der Waals surface area contributed by atoms with E-state index < -0.39 is 6.09 Å². The Hall–Kier alpha value is -1.42. The molecule has 0 fully saturated rings. The van der Waals surface area contributed by atoms with Crippen LogP contribution in [0.2, 0.25) is 0 Å². The van der Waals surface area contributed by atoms with Gasteiger partial charge in [-0.15, -0.1) is 11.6 Å². The maximum absolute atomic E-state index is 11.2. The van der Waals surface area contributed by atoms with E-state index in [-0.39, 0.29) is 12.0 Å². The molecule has 0 unspecified atom stereocenters. The van der Waals surface area contributed by atoms with Crippen LogP contribution < -0.4 is 10.1 Å². The second-order valence-corrected chi connectivity index (χ2v) is 3.98. The summed E-state index contributed by atoms with van der Waals surface area (Å²) in [5.41, 5.74) is 0.646. The third kappa shape index (κ3) is 4.40. The number of hydrogen-bond acceptors (Lipinski definition) is 3. The van der Waals surface area contributed by atoms with E-state index in [2.05, 4.69) is 5.32 Å². The molecule has 88 valence electrons. The molecule has 1 aromatic carbocycles. The van der Waals surface area contributed by atoms with Gasteiger partial charge in [-0.2, -0.15) is 0 Å². The SMILES string of the molecule is COc1ccc(NC(=O)OC[C@@H](C)Cl)cc1. The molecule has 0 aromatic heterocycles. The molecule has 1 rings (SSSR count). The first-order valence-corrected chi connectivity index (χ1v) is 5.27. The Labute approximate surface area is 99.5 Å². The summed E-state index contributed by atoms with van der Waals surface area (Å²) in [6, 6.07) is 6.95. The number of halogens is 1. The second-order valence-electron chi connectivity index (χ2n) is 3.23. The fourth-order valence-corrected chi connectivity index (χ4v) is 1.08. The molecule has 0 heterocycles. The van der Waals surface area contributed by atoms with Crippen molar-refractivity contribution in [3.05, 3.63) is 24.3 Å². The van der Waals surface area contributed by atoms with Crippen molar-refractivity contribution in [1.82, 2.24) is 0 Å². The first kappa shape index (κ1) is 12.6. The van der Waals surface area contributed by atoms with Gasteiger partial charge >= 0.3 is 6.09 Å². The number of anilines is 1. The Morgan fingerprint density at radius 2 is 2.06 bits per heavy atom. The van der Waals surface area contributed by atoms with Crippen LogP contribution in [0.4, 0.5) is 10.5 Å². The summed E-state index contributed by atoms with van der Waals surface area (Å²) < 4.78 is 9.84. The van der Waals surface area contributed by atoms with Crippen LogP contribution in [0.3, 0.4) is 0 Å². The van der Waals surface area contributed by atoms with Crippen LogP contribution in [0.1, 0.15) is 6.92 Å². The summed E-state index contributed by atoms with van der Waals surface area (Å²) >= 11 is 5.64. The minimum absolute atomic E-state index is 0.184. The third-order valence-corrected chi connectivity index (χ3v) is 1.91. The maximum atomic E-state index is 11.2. The van der Waals surface area contributed by atoms with Crippen LogP contribution in [-0.2, 0) is 4.74 Å². The molecule has 0 radical (unpaired) electrons. The Morgan fingerprint density at radius 3 is 2.56 bits per heavy atom. The standard InChI is InChI=1S/C11H14ClNO3/c1-8(12)7-16-11(14)13-9-3-5-10(15-2)6-4-9/h3-6,8H,7H2,1-2H3,(H,13,14)/t8-/m1/s1. The lowest BCUT2D eigenvalue weighted by Crippen LogP contribution is -2.17. The molecule has 16 heavy (non-hydrogen) atoms. The smallest absolute Gasteiger partial charge is 0.411 e. The number of nitrogens with one attached hydrogen (secondary N) is 1. The van der Waals surface area contributed by atoms with E-state index in [0.29, 0.717) is 5.69 Å². The highest BCUT2D eigenvalue weighted by Gasteiger charge is 2.05. The number of rotatable bonds is 4. The van der Waals surface area contributed by atoms with E-state index in [1.165, 1.54) is 0 Å². The summed E-state index contributed by atoms with van der Waals surface area (Å²) in [5.74, 6) is 0.730. The normalized spacial score (nSPS) is 11.7. The first-order valence-electron chi connectivity index (χ1n) is 4.83. The molecule has 1 aromatic rings. The Balaban J connectivity index is 2.43. The number of alkyl halides is 1. The molecule has 1 N–H and O–H groups in total. The quantitative estimate of drug-likeness (QED) is 0.828. The summed E-state index contributed by atoms with van der Waals surface area (Å²) in [7, 11) is 1.58. The Bertz CT molecular complexity index is 338. The van der Waals surface area contributed by atoms with Gasteiger partial charge in [0.25, 0.3) is 0 Å². The van der Waals surface area contributed by atoms with Crippen LogP contribution in [0.5, 0.6) is 5.75 Å². The number of ether oxygens (including phenoxy) is 2. The van der Waals surface area contributed by atoms with Crippen LogP contribution in [0.25, 0.3) is 0 Å². The average molecular weight is 244 g/mol. The highest BCUT2D eigenvalue weighted by atomic mass is 35.5. The zero-order valence-corrected chi connectivity index (χ0v) is 9.95. The van der Waals surface area contributed by atoms with Crippen molar-refractivity contribution in [3.8, 4) is 5.75 Å². The van der Waals surface area contributed by atoms with Crippen molar-refractivity contribution in [2.24, 2.45) is 0 Å². The van der Waals surface area contributed by atoms with Gasteiger partial charge in [0.05, 0.1) is 12.5 Å². The number of benzene rings is 1. The monoisotopic (exact) mass is 243 g/mol. The van der Waals surface area contributed by atoms with E-state index in [4.69, 9.17) is 21.1 Å². The van der Waals surface area contributed by atoms with E-state index in [9.17, 15) is 4.79 Å². The van der Waals surface area contributed by atoms with Crippen molar-refractivity contribution in [1.29, 1.82) is 0 Å². The number of carbonyl (C=O) groups is 1. The summed E-state index contributed by atoms with van der Waals surface area (Å²) in [6.45, 7) is 1.94. The number of carbonyl (C=O) groups excluding carboxylic acids is 1. The molecule has 0 aliphatic rings. The molecule has 0 saturated heterocycles. The van der Waals surface area contributed by atoms with Crippen molar-refractivity contribution in [2.75, 3.05) is 19.0 Å². The summed E-state index contributed by atoms with van der Waals surface area (Å²) in [4.78, 5) is 11.2. The molecule has 0 spiro atoms. The number of amides is 1. The molecular weight excluding hydrogens is 230 g/mol. The summed E-state index contributed by atoms with van der Waals surface area (Å²) in [5, 5.41) is 2.38. The molecule has 0 bridgehead atoms. The van der Waals surface area contributed by atoms with Gasteiger partial charge in [-0.25, -0.2) is 4.79 Å². The van der Waals surface area contributed by atoms with Crippen LogP contribution in [0.15, 0.2) is 24.3 Å². The molecule has 0 aliphatic heterocycles. The van der Waals surface area contributed by atoms with Crippen LogP contribution in [0, 0.1) is 0 Å². The topological polar surface area (TPSA) is 47.6 Å². The van der Waals surface area contributed by atoms with Gasteiger partial charge in [-0.1, -0.05) is 0 Å². The largest absolute Gasteiger partial charge is 0.497 e. The lowest BCUT2D eigenvalue weighted by atomic mass is 10.3. The first-order chi connectivity index (χ1) is 7.61. The van der Waals surface area contributed by atoms with Gasteiger partial charge in [0.15, 0.2) is 0 Å². The molecule has 1 amide bonds. The molecule has 1 atom stereocenters. The Morgan fingerprint density at radius 1 is 1.44 bits per heavy atom. The average Bonchev–Trinajstić information content (AvgIpc) is 2.27. The van der Waals surface area contributed by atoms with Gasteiger partial charge in [0.1, 0.15) is 12.4 Å². The summed E-state index contributed by atoms with van der Waals surface area (Å²) in [6.07, 6.45) is -0.516. The minimum Gasteiger partial charge on any atom is -0.497 e. The van der Waals surface area contributed by atoms with Crippen molar-refractivity contribution >= 4 is 23.4 Å². The highest BCUT2D eigenvalue weighted by Crippen LogP contribution is 2.15. The van der Waals surface area contributed by atoms with Crippen molar-refractivity contribution < 1.29 is 14.3 Å². The highest BCUT2D eigenvalue weighted by molar-refractivity contribution is 6.20. The second kappa shape index (κ2) is 6.23. The van der Waals surface area contributed by atoms with E-state index in [1.807, 2.05) is 0 Å². The van der Waals surface area contributed by atoms with Gasteiger partial charge in [-0.05, 0) is 31.2 Å². The van der Waals surface area contributed by atoms with Crippen molar-refractivity contribution in [2.45, 2.75) is 12.3 Å². The molecular formula is C11H14ClNO3. The van der Waals surface area contributed by atoms with Gasteiger partial charge in [0.2, 0.25) is 0 Å². The fourth-order valence-electron chi connectivity index (χ4n) is 1.02. The van der Waals surface area contributed by atoms with E-state index in [1.54, 1.807) is 38.3 Å². The van der Waals surface area contributed by atoms with E-state index >= 15 is 0 Å². The molecule has 5 heteroatoms. The number of hydrogen-bond donors (Lipinski definition) is 1. The van der Waals surface area contributed by atoms with Gasteiger partial charge in [-0.3, -0.25) is 5.32 Å². The predicted octanol–water partition coefficient (Wildman–Crippen LogP) is 2.87. The van der Waals surface area contributed by atoms with Gasteiger partial charge < -0.3 is 9.47 Å². The zero-order chi connectivity index (χ0) is 12.0. The van der Waals surface area contributed by atoms with Crippen LogP contribution in [-0.4, -0.2) is 25.2 Å². The van der Waals surface area contributed by atoms with Crippen LogP contribution >= 0.6 is 11.6 Å². The maximum Gasteiger partial charge on any atom is 0.411 e. The van der Waals surface area contributed by atoms with Crippen molar-refractivity contribution in [3.63, 3.8) is 0 Å². The minimum atomic E-state index is -0.516. The van der Waals surface area contributed by atoms with E-state index in [0.717, 1.165) is 5.75 Å². The molecule has 0 saturated carbocycles. The van der Waals surface area contributed by atoms with Gasteiger partial charge in [0, 0.05) is 5.69 Å². The molecule has 0 aliphatic carbocycles. The number of methoxy groups -OCH3 is 1. The molecule has 4 nitrogen and oxygen atoms in total. The predicted molar refractivity (Wildman–Crippen MR) is 63.3 cm³/mol. The lowest BCUT2D eigenvalue weighted by Gasteiger charge is -2.08.